The van der Waals surface area contributed by atoms with Crippen LogP contribution in [-0.2, 0) is 0 Å². The molecule has 0 spiro atoms. The number of ether oxygens (including phenoxy) is 3. The Balaban J connectivity index is 1.65. The smallest absolute Gasteiger partial charge is 0.347 e. The molecular formula is C21H15BrCl2O4. The number of hydrogen-bond acceptors (Lipinski definition) is 4. The molecule has 0 heterocycles. The lowest BCUT2D eigenvalue weighted by Gasteiger charge is -2.13. The van der Waals surface area contributed by atoms with Gasteiger partial charge in [-0.1, -0.05) is 53.5 Å². The van der Waals surface area contributed by atoms with E-state index in [1.165, 1.54) is 6.07 Å². The van der Waals surface area contributed by atoms with E-state index in [0.717, 1.165) is 5.75 Å². The molecule has 0 aliphatic rings. The molecule has 0 amide bonds. The van der Waals surface area contributed by atoms with E-state index in [9.17, 15) is 4.79 Å². The van der Waals surface area contributed by atoms with E-state index in [-0.39, 0.29) is 22.9 Å². The van der Waals surface area contributed by atoms with Crippen molar-refractivity contribution in [2.75, 3.05) is 13.2 Å². The first-order chi connectivity index (χ1) is 13.5. The van der Waals surface area contributed by atoms with Gasteiger partial charge in [-0.2, -0.15) is 0 Å². The monoisotopic (exact) mass is 480 g/mol. The molecule has 144 valence electrons. The van der Waals surface area contributed by atoms with Crippen molar-refractivity contribution in [1.82, 2.24) is 0 Å². The highest BCUT2D eigenvalue weighted by Crippen LogP contribution is 2.37. The van der Waals surface area contributed by atoms with Crippen LogP contribution in [0.2, 0.25) is 10.0 Å². The van der Waals surface area contributed by atoms with E-state index < -0.39 is 5.97 Å². The van der Waals surface area contributed by atoms with Crippen LogP contribution in [0.1, 0.15) is 10.4 Å². The first-order valence-electron chi connectivity index (χ1n) is 8.31. The standard InChI is InChI=1S/C21H15BrCl2O4/c22-17-12-14(23)13-18(24)20(17)28-21(25)16-8-4-5-9-19(16)27-11-10-26-15-6-2-1-3-7-15/h1-9,12-13H,10-11H2. The molecule has 0 aromatic heterocycles. The third-order valence-electron chi connectivity index (χ3n) is 3.62. The molecule has 0 saturated carbocycles. The summed E-state index contributed by atoms with van der Waals surface area (Å²) in [5.74, 6) is 0.745. The zero-order valence-electron chi connectivity index (χ0n) is 14.5. The highest BCUT2D eigenvalue weighted by Gasteiger charge is 2.18. The van der Waals surface area contributed by atoms with E-state index >= 15 is 0 Å². The van der Waals surface area contributed by atoms with Gasteiger partial charge in [0.1, 0.15) is 30.3 Å². The number of esters is 1. The van der Waals surface area contributed by atoms with Crippen LogP contribution in [0.15, 0.2) is 71.2 Å². The molecule has 0 aliphatic heterocycles. The van der Waals surface area contributed by atoms with Crippen LogP contribution in [0.4, 0.5) is 0 Å². The summed E-state index contributed by atoms with van der Waals surface area (Å²) in [6.07, 6.45) is 0. The molecule has 0 saturated heterocycles. The largest absolute Gasteiger partial charge is 0.490 e. The van der Waals surface area contributed by atoms with E-state index in [2.05, 4.69) is 15.9 Å². The molecule has 3 aromatic rings. The minimum Gasteiger partial charge on any atom is -0.490 e. The second-order valence-corrected chi connectivity index (χ2v) is 7.29. The predicted octanol–water partition coefficient (Wildman–Crippen LogP) is 6.43. The maximum Gasteiger partial charge on any atom is 0.347 e. The number of halogens is 3. The van der Waals surface area contributed by atoms with Crippen molar-refractivity contribution in [3.8, 4) is 17.2 Å². The van der Waals surface area contributed by atoms with Gasteiger partial charge in [0.05, 0.1) is 9.50 Å². The van der Waals surface area contributed by atoms with E-state index in [1.807, 2.05) is 30.3 Å². The van der Waals surface area contributed by atoms with Gasteiger partial charge in [-0.05, 0) is 52.3 Å². The van der Waals surface area contributed by atoms with Crippen LogP contribution < -0.4 is 14.2 Å². The quantitative estimate of drug-likeness (QED) is 0.221. The van der Waals surface area contributed by atoms with Crippen molar-refractivity contribution in [3.63, 3.8) is 0 Å². The highest BCUT2D eigenvalue weighted by atomic mass is 79.9. The molecule has 28 heavy (non-hydrogen) atoms. The molecule has 4 nitrogen and oxygen atoms in total. The fourth-order valence-electron chi connectivity index (χ4n) is 2.36. The molecule has 3 rings (SSSR count). The Morgan fingerprint density at radius 1 is 0.893 bits per heavy atom. The van der Waals surface area contributed by atoms with Gasteiger partial charge in [0.15, 0.2) is 5.75 Å². The van der Waals surface area contributed by atoms with Crippen LogP contribution in [-0.4, -0.2) is 19.2 Å². The molecular weight excluding hydrogens is 467 g/mol. The summed E-state index contributed by atoms with van der Waals surface area (Å²) in [7, 11) is 0. The van der Waals surface area contributed by atoms with Crippen LogP contribution in [0.3, 0.4) is 0 Å². The summed E-state index contributed by atoms with van der Waals surface area (Å²) < 4.78 is 17.2. The zero-order valence-corrected chi connectivity index (χ0v) is 17.6. The predicted molar refractivity (Wildman–Crippen MR) is 113 cm³/mol. The minimum absolute atomic E-state index is 0.193. The zero-order chi connectivity index (χ0) is 19.9. The molecule has 7 heteroatoms. The normalized spacial score (nSPS) is 10.4. The van der Waals surface area contributed by atoms with Crippen LogP contribution >= 0.6 is 39.1 Å². The topological polar surface area (TPSA) is 44.8 Å². The molecule has 3 aromatic carbocycles. The van der Waals surface area contributed by atoms with Gasteiger partial charge in [-0.25, -0.2) is 4.79 Å². The van der Waals surface area contributed by atoms with Gasteiger partial charge in [0.25, 0.3) is 0 Å². The van der Waals surface area contributed by atoms with Gasteiger partial charge in [0, 0.05) is 5.02 Å². The van der Waals surface area contributed by atoms with Crippen molar-refractivity contribution in [2.24, 2.45) is 0 Å². The van der Waals surface area contributed by atoms with E-state index in [4.69, 9.17) is 37.4 Å². The third-order valence-corrected chi connectivity index (χ3v) is 4.71. The van der Waals surface area contributed by atoms with Crippen LogP contribution in [0.25, 0.3) is 0 Å². The summed E-state index contributed by atoms with van der Waals surface area (Å²) in [5, 5.41) is 0.654. The Hall–Kier alpha value is -2.21. The second-order valence-electron chi connectivity index (χ2n) is 5.59. The number of carbonyl (C=O) groups excluding carboxylic acids is 1. The van der Waals surface area contributed by atoms with Gasteiger partial charge in [-0.3, -0.25) is 0 Å². The Morgan fingerprint density at radius 2 is 1.57 bits per heavy atom. The van der Waals surface area contributed by atoms with Gasteiger partial charge in [-0.15, -0.1) is 0 Å². The van der Waals surface area contributed by atoms with Crippen LogP contribution in [0.5, 0.6) is 17.2 Å². The molecule has 0 aliphatic carbocycles. The highest BCUT2D eigenvalue weighted by molar-refractivity contribution is 9.10. The number of para-hydroxylation sites is 2. The van der Waals surface area contributed by atoms with E-state index in [1.54, 1.807) is 30.3 Å². The Kier molecular flexibility index (Phi) is 7.20. The fraction of sp³-hybridized carbons (Fsp3) is 0.0952. The minimum atomic E-state index is -0.593. The van der Waals surface area contributed by atoms with Crippen molar-refractivity contribution in [1.29, 1.82) is 0 Å². The molecule has 0 unspecified atom stereocenters. The van der Waals surface area contributed by atoms with Crippen LogP contribution in [0, 0.1) is 0 Å². The van der Waals surface area contributed by atoms with Crippen molar-refractivity contribution in [2.45, 2.75) is 0 Å². The van der Waals surface area contributed by atoms with Crippen molar-refractivity contribution in [3.05, 3.63) is 86.8 Å². The molecule has 0 bridgehead atoms. The molecule has 0 atom stereocenters. The average molecular weight is 482 g/mol. The lowest BCUT2D eigenvalue weighted by molar-refractivity contribution is 0.0728. The van der Waals surface area contributed by atoms with Gasteiger partial charge < -0.3 is 14.2 Å². The maximum atomic E-state index is 12.6. The number of benzene rings is 3. The Labute approximate surface area is 181 Å². The molecule has 0 radical (unpaired) electrons. The fourth-order valence-corrected chi connectivity index (χ4v) is 3.68. The second kappa shape index (κ2) is 9.82. The lowest BCUT2D eigenvalue weighted by Crippen LogP contribution is -2.14. The summed E-state index contributed by atoms with van der Waals surface area (Å²) in [6.45, 7) is 0.604. The summed E-state index contributed by atoms with van der Waals surface area (Å²) in [5.41, 5.74) is 0.278. The summed E-state index contributed by atoms with van der Waals surface area (Å²) in [4.78, 5) is 12.6. The number of rotatable bonds is 7. The van der Waals surface area contributed by atoms with Gasteiger partial charge in [0.2, 0.25) is 0 Å². The van der Waals surface area contributed by atoms with Crippen molar-refractivity contribution < 1.29 is 19.0 Å². The Bertz CT molecular complexity index is 941. The first kappa shape index (κ1) is 20.5. The molecule has 0 fully saturated rings. The van der Waals surface area contributed by atoms with Crippen molar-refractivity contribution >= 4 is 45.1 Å². The molecule has 0 N–H and O–H groups in total. The first-order valence-corrected chi connectivity index (χ1v) is 9.86. The average Bonchev–Trinajstić information content (AvgIpc) is 2.69. The number of carbonyl (C=O) groups is 1. The lowest BCUT2D eigenvalue weighted by atomic mass is 10.2. The summed E-state index contributed by atoms with van der Waals surface area (Å²) in [6, 6.07) is 19.3. The number of hydrogen-bond donors (Lipinski definition) is 0. The third kappa shape index (κ3) is 5.41. The summed E-state index contributed by atoms with van der Waals surface area (Å²) >= 11 is 15.4. The van der Waals surface area contributed by atoms with E-state index in [0.29, 0.717) is 21.9 Å². The maximum absolute atomic E-state index is 12.6. The Morgan fingerprint density at radius 3 is 2.32 bits per heavy atom. The SMILES string of the molecule is O=C(Oc1c(Cl)cc(Cl)cc1Br)c1ccccc1OCCOc1ccccc1. The van der Waals surface area contributed by atoms with Gasteiger partial charge >= 0.3 is 5.97 Å².